The van der Waals surface area contributed by atoms with E-state index in [9.17, 15) is 15.0 Å². The lowest BCUT2D eigenvalue weighted by Gasteiger charge is -2.16. The van der Waals surface area contributed by atoms with Crippen molar-refractivity contribution in [1.82, 2.24) is 9.88 Å². The van der Waals surface area contributed by atoms with Gasteiger partial charge in [0.05, 0.1) is 12.1 Å². The summed E-state index contributed by atoms with van der Waals surface area (Å²) in [5.41, 5.74) is 1.27. The fourth-order valence-corrected chi connectivity index (χ4v) is 1.94. The molecule has 0 aliphatic rings. The van der Waals surface area contributed by atoms with Crippen molar-refractivity contribution in [1.29, 1.82) is 0 Å². The molecule has 20 heavy (non-hydrogen) atoms. The molecule has 1 aromatic carbocycles. The first-order valence-electron chi connectivity index (χ1n) is 6.19. The van der Waals surface area contributed by atoms with Gasteiger partial charge in [0, 0.05) is 25.0 Å². The highest BCUT2D eigenvalue weighted by Gasteiger charge is 2.14. The summed E-state index contributed by atoms with van der Waals surface area (Å²) in [6.07, 6.45) is 3.41. The molecular weight excluding hydrogens is 256 g/mol. The minimum Gasteiger partial charge on any atom is -0.508 e. The van der Waals surface area contributed by atoms with Gasteiger partial charge in [-0.25, -0.2) is 0 Å². The van der Waals surface area contributed by atoms with Crippen molar-refractivity contribution < 1.29 is 15.0 Å². The molecule has 0 bridgehead atoms. The summed E-state index contributed by atoms with van der Waals surface area (Å²) in [7, 11) is 1.83. The zero-order chi connectivity index (χ0) is 14.5. The predicted octanol–water partition coefficient (Wildman–Crippen LogP) is 1.81. The van der Waals surface area contributed by atoms with Crippen molar-refractivity contribution in [2.24, 2.45) is 0 Å². The molecule has 2 aromatic rings. The molecule has 0 spiro atoms. The van der Waals surface area contributed by atoms with E-state index in [0.717, 1.165) is 11.6 Å². The molecule has 0 aliphatic heterocycles. The van der Waals surface area contributed by atoms with Crippen LogP contribution in [0.4, 0.5) is 0 Å². The van der Waals surface area contributed by atoms with Crippen LogP contribution in [0.2, 0.25) is 0 Å². The second-order valence-corrected chi connectivity index (χ2v) is 4.65. The van der Waals surface area contributed by atoms with Crippen LogP contribution < -0.4 is 0 Å². The SMILES string of the molecule is CN(CC(=O)c1ccc(O)cc1O)Cc1ccncc1. The van der Waals surface area contributed by atoms with E-state index in [1.807, 2.05) is 24.1 Å². The standard InChI is InChI=1S/C15H16N2O3/c1-17(9-11-4-6-16-7-5-11)10-15(20)13-3-2-12(18)8-14(13)19/h2-8,18-19H,9-10H2,1H3. The van der Waals surface area contributed by atoms with E-state index < -0.39 is 0 Å². The number of likely N-dealkylation sites (N-methyl/N-ethyl adjacent to an activating group) is 1. The van der Waals surface area contributed by atoms with Crippen LogP contribution in [0.3, 0.4) is 0 Å². The van der Waals surface area contributed by atoms with Crippen molar-refractivity contribution in [3.63, 3.8) is 0 Å². The van der Waals surface area contributed by atoms with Gasteiger partial charge in [0.1, 0.15) is 11.5 Å². The van der Waals surface area contributed by atoms with Crippen molar-refractivity contribution in [3.8, 4) is 11.5 Å². The van der Waals surface area contributed by atoms with Crippen LogP contribution in [0.1, 0.15) is 15.9 Å². The van der Waals surface area contributed by atoms with Gasteiger partial charge in [-0.2, -0.15) is 0 Å². The number of aromatic hydroxyl groups is 2. The van der Waals surface area contributed by atoms with E-state index in [1.54, 1.807) is 12.4 Å². The molecule has 1 aromatic heterocycles. The van der Waals surface area contributed by atoms with E-state index in [1.165, 1.54) is 12.1 Å². The van der Waals surface area contributed by atoms with Gasteiger partial charge in [-0.3, -0.25) is 14.7 Å². The van der Waals surface area contributed by atoms with E-state index in [0.29, 0.717) is 6.54 Å². The molecule has 0 unspecified atom stereocenters. The van der Waals surface area contributed by atoms with E-state index in [-0.39, 0.29) is 29.4 Å². The molecule has 104 valence electrons. The Bertz CT molecular complexity index is 599. The quantitative estimate of drug-likeness (QED) is 0.812. The fraction of sp³-hybridized carbons (Fsp3) is 0.200. The number of pyridine rings is 1. The molecule has 5 heteroatoms. The lowest BCUT2D eigenvalue weighted by molar-refractivity contribution is 0.0940. The first kappa shape index (κ1) is 14.0. The summed E-state index contributed by atoms with van der Waals surface area (Å²) in [4.78, 5) is 17.9. The van der Waals surface area contributed by atoms with Crippen LogP contribution in [0, 0.1) is 0 Å². The Hall–Kier alpha value is -2.40. The Kier molecular flexibility index (Phi) is 4.32. The maximum atomic E-state index is 12.1. The number of nitrogens with zero attached hydrogens (tertiary/aromatic N) is 2. The first-order valence-corrected chi connectivity index (χ1v) is 6.19. The molecule has 2 rings (SSSR count). The van der Waals surface area contributed by atoms with E-state index in [4.69, 9.17) is 0 Å². The maximum absolute atomic E-state index is 12.1. The van der Waals surface area contributed by atoms with Gasteiger partial charge >= 0.3 is 0 Å². The summed E-state index contributed by atoms with van der Waals surface area (Å²) in [6.45, 7) is 0.799. The van der Waals surface area contributed by atoms with Crippen LogP contribution in [-0.4, -0.2) is 39.5 Å². The third kappa shape index (κ3) is 3.55. The third-order valence-electron chi connectivity index (χ3n) is 2.90. The molecule has 0 atom stereocenters. The Morgan fingerprint density at radius 3 is 2.55 bits per heavy atom. The molecule has 0 saturated heterocycles. The van der Waals surface area contributed by atoms with E-state index >= 15 is 0 Å². The molecule has 0 fully saturated rings. The Morgan fingerprint density at radius 2 is 1.90 bits per heavy atom. The van der Waals surface area contributed by atoms with Crippen LogP contribution >= 0.6 is 0 Å². The van der Waals surface area contributed by atoms with Crippen LogP contribution in [0.15, 0.2) is 42.7 Å². The number of rotatable bonds is 5. The Labute approximate surface area is 117 Å². The summed E-state index contributed by atoms with van der Waals surface area (Å²) < 4.78 is 0. The van der Waals surface area contributed by atoms with Gasteiger partial charge in [-0.15, -0.1) is 0 Å². The molecule has 5 nitrogen and oxygen atoms in total. The normalized spacial score (nSPS) is 10.7. The highest BCUT2D eigenvalue weighted by atomic mass is 16.3. The molecule has 2 N–H and O–H groups in total. The monoisotopic (exact) mass is 272 g/mol. The topological polar surface area (TPSA) is 73.7 Å². The van der Waals surface area contributed by atoms with Gasteiger partial charge < -0.3 is 10.2 Å². The Morgan fingerprint density at radius 1 is 1.20 bits per heavy atom. The second-order valence-electron chi connectivity index (χ2n) is 4.65. The van der Waals surface area contributed by atoms with Crippen LogP contribution in [0.25, 0.3) is 0 Å². The number of Topliss-reactive ketones (excluding diaryl/α,β-unsaturated/α-hetero) is 1. The number of hydrogen-bond acceptors (Lipinski definition) is 5. The molecule has 0 amide bonds. The predicted molar refractivity (Wildman–Crippen MR) is 74.7 cm³/mol. The minimum absolute atomic E-state index is 0.0656. The number of phenolic OH excluding ortho intramolecular Hbond substituents is 2. The first-order chi connectivity index (χ1) is 9.56. The molecule has 0 saturated carbocycles. The molecule has 1 heterocycles. The van der Waals surface area contributed by atoms with Crippen molar-refractivity contribution >= 4 is 5.78 Å². The zero-order valence-corrected chi connectivity index (χ0v) is 11.2. The van der Waals surface area contributed by atoms with Gasteiger partial charge in [0.2, 0.25) is 0 Å². The van der Waals surface area contributed by atoms with Gasteiger partial charge in [-0.1, -0.05) is 0 Å². The fourth-order valence-electron chi connectivity index (χ4n) is 1.94. The smallest absolute Gasteiger partial charge is 0.180 e. The van der Waals surface area contributed by atoms with Crippen molar-refractivity contribution in [3.05, 3.63) is 53.9 Å². The average Bonchev–Trinajstić information content (AvgIpc) is 2.39. The summed E-state index contributed by atoms with van der Waals surface area (Å²) >= 11 is 0. The lowest BCUT2D eigenvalue weighted by Crippen LogP contribution is -2.25. The number of ketones is 1. The minimum atomic E-state index is -0.202. The number of aromatic nitrogens is 1. The summed E-state index contributed by atoms with van der Waals surface area (Å²) in [6, 6.07) is 7.75. The molecule has 0 aliphatic carbocycles. The van der Waals surface area contributed by atoms with Crippen LogP contribution in [0.5, 0.6) is 11.5 Å². The maximum Gasteiger partial charge on any atom is 0.180 e. The number of phenols is 2. The number of carbonyl (C=O) groups excluding carboxylic acids is 1. The largest absolute Gasteiger partial charge is 0.508 e. The number of carbonyl (C=O) groups is 1. The van der Waals surface area contributed by atoms with Gasteiger partial charge in [0.15, 0.2) is 5.78 Å². The van der Waals surface area contributed by atoms with Crippen LogP contribution in [-0.2, 0) is 6.54 Å². The number of hydrogen-bond donors (Lipinski definition) is 2. The van der Waals surface area contributed by atoms with Crippen molar-refractivity contribution in [2.45, 2.75) is 6.54 Å². The molecule has 0 radical (unpaired) electrons. The zero-order valence-electron chi connectivity index (χ0n) is 11.2. The van der Waals surface area contributed by atoms with E-state index in [2.05, 4.69) is 4.98 Å². The second kappa shape index (κ2) is 6.16. The van der Waals surface area contributed by atoms with Gasteiger partial charge in [-0.05, 0) is 36.9 Å². The molecular formula is C15H16N2O3. The highest BCUT2D eigenvalue weighted by molar-refractivity contribution is 6.00. The number of benzene rings is 1. The van der Waals surface area contributed by atoms with Gasteiger partial charge in [0.25, 0.3) is 0 Å². The lowest BCUT2D eigenvalue weighted by atomic mass is 10.1. The highest BCUT2D eigenvalue weighted by Crippen LogP contribution is 2.23. The Balaban J connectivity index is 2.00. The summed E-state index contributed by atoms with van der Waals surface area (Å²) in [5.74, 6) is -0.462. The summed E-state index contributed by atoms with van der Waals surface area (Å²) in [5, 5.41) is 18.9. The average molecular weight is 272 g/mol. The van der Waals surface area contributed by atoms with Crippen molar-refractivity contribution in [2.75, 3.05) is 13.6 Å². The third-order valence-corrected chi connectivity index (χ3v) is 2.90.